The summed E-state index contributed by atoms with van der Waals surface area (Å²) in [5.74, 6) is 1.75. The van der Waals surface area contributed by atoms with Crippen molar-refractivity contribution in [3.05, 3.63) is 12.4 Å². The van der Waals surface area contributed by atoms with Gasteiger partial charge in [-0.1, -0.05) is 0 Å². The fourth-order valence-corrected chi connectivity index (χ4v) is 1.40. The quantitative estimate of drug-likeness (QED) is 0.791. The number of rotatable bonds is 6. The fraction of sp³-hybridized carbons (Fsp3) is 0.636. The first-order valence-electron chi connectivity index (χ1n) is 5.46. The van der Waals surface area contributed by atoms with Crippen LogP contribution in [-0.4, -0.2) is 43.3 Å². The summed E-state index contributed by atoms with van der Waals surface area (Å²) >= 11 is 0. The standard InChI is InChI=1S/C11H20N4O/c1-5-12-10-6-11(14-8-13-10)15(3)9(2)7-16-4/h6,8-9H,5,7H2,1-4H3,(H,12,13,14). The van der Waals surface area contributed by atoms with Crippen LogP contribution < -0.4 is 10.2 Å². The van der Waals surface area contributed by atoms with Crippen LogP contribution in [0.3, 0.4) is 0 Å². The average molecular weight is 224 g/mol. The molecule has 0 amide bonds. The van der Waals surface area contributed by atoms with Crippen LogP contribution in [0.1, 0.15) is 13.8 Å². The van der Waals surface area contributed by atoms with E-state index in [0.717, 1.165) is 18.2 Å². The Morgan fingerprint density at radius 1 is 1.50 bits per heavy atom. The number of anilines is 2. The maximum Gasteiger partial charge on any atom is 0.134 e. The molecule has 1 rings (SSSR count). The minimum atomic E-state index is 0.286. The first-order valence-corrected chi connectivity index (χ1v) is 5.46. The lowest BCUT2D eigenvalue weighted by atomic mass is 10.3. The van der Waals surface area contributed by atoms with Crippen molar-refractivity contribution in [2.75, 3.05) is 37.5 Å². The Balaban J connectivity index is 2.74. The summed E-state index contributed by atoms with van der Waals surface area (Å²) in [4.78, 5) is 10.5. The van der Waals surface area contributed by atoms with Gasteiger partial charge in [0.1, 0.15) is 18.0 Å². The van der Waals surface area contributed by atoms with Crippen LogP contribution in [0.2, 0.25) is 0 Å². The topological polar surface area (TPSA) is 50.3 Å². The van der Waals surface area contributed by atoms with Crippen molar-refractivity contribution in [1.82, 2.24) is 9.97 Å². The summed E-state index contributed by atoms with van der Waals surface area (Å²) in [5, 5.41) is 3.16. The molecule has 0 aliphatic carbocycles. The molecule has 0 saturated heterocycles. The molecule has 1 aromatic rings. The third kappa shape index (κ3) is 3.34. The van der Waals surface area contributed by atoms with Gasteiger partial charge in [-0.15, -0.1) is 0 Å². The summed E-state index contributed by atoms with van der Waals surface area (Å²) in [7, 11) is 3.70. The second kappa shape index (κ2) is 6.27. The first-order chi connectivity index (χ1) is 7.69. The van der Waals surface area contributed by atoms with E-state index in [0.29, 0.717) is 6.61 Å². The van der Waals surface area contributed by atoms with Gasteiger partial charge in [0.2, 0.25) is 0 Å². The smallest absolute Gasteiger partial charge is 0.134 e. The maximum absolute atomic E-state index is 5.12. The zero-order valence-electron chi connectivity index (χ0n) is 10.4. The van der Waals surface area contributed by atoms with Crippen molar-refractivity contribution in [2.45, 2.75) is 19.9 Å². The first kappa shape index (κ1) is 12.7. The van der Waals surface area contributed by atoms with Crippen molar-refractivity contribution in [2.24, 2.45) is 0 Å². The predicted molar refractivity (Wildman–Crippen MR) is 65.9 cm³/mol. The van der Waals surface area contributed by atoms with Gasteiger partial charge >= 0.3 is 0 Å². The van der Waals surface area contributed by atoms with E-state index in [1.165, 1.54) is 0 Å². The lowest BCUT2D eigenvalue weighted by Crippen LogP contribution is -2.33. The van der Waals surface area contributed by atoms with Crippen LogP contribution >= 0.6 is 0 Å². The number of nitrogens with one attached hydrogen (secondary N) is 1. The molecule has 0 radical (unpaired) electrons. The Hall–Kier alpha value is -1.36. The van der Waals surface area contributed by atoms with Crippen LogP contribution in [0, 0.1) is 0 Å². The van der Waals surface area contributed by atoms with Crippen LogP contribution in [0.25, 0.3) is 0 Å². The van der Waals surface area contributed by atoms with Gasteiger partial charge < -0.3 is 15.0 Å². The third-order valence-corrected chi connectivity index (χ3v) is 2.44. The van der Waals surface area contributed by atoms with Crippen LogP contribution in [0.15, 0.2) is 12.4 Å². The maximum atomic E-state index is 5.12. The van der Waals surface area contributed by atoms with Crippen LogP contribution in [-0.2, 0) is 4.74 Å². The van der Waals surface area contributed by atoms with Gasteiger partial charge in [-0.3, -0.25) is 0 Å². The molecule has 1 heterocycles. The average Bonchev–Trinajstić information content (AvgIpc) is 2.29. The molecule has 5 heteroatoms. The van der Waals surface area contributed by atoms with Gasteiger partial charge in [0.05, 0.1) is 12.6 Å². The van der Waals surface area contributed by atoms with E-state index < -0.39 is 0 Å². The fourth-order valence-electron chi connectivity index (χ4n) is 1.40. The molecule has 16 heavy (non-hydrogen) atoms. The van der Waals surface area contributed by atoms with E-state index in [1.807, 2.05) is 20.0 Å². The highest BCUT2D eigenvalue weighted by atomic mass is 16.5. The SMILES string of the molecule is CCNc1cc(N(C)C(C)COC)ncn1. The molecule has 0 bridgehead atoms. The second-order valence-corrected chi connectivity index (χ2v) is 3.71. The summed E-state index contributed by atoms with van der Waals surface area (Å²) < 4.78 is 5.12. The van der Waals surface area contributed by atoms with Crippen molar-refractivity contribution in [3.63, 3.8) is 0 Å². The molecule has 1 aromatic heterocycles. The van der Waals surface area contributed by atoms with Gasteiger partial charge in [0.15, 0.2) is 0 Å². The number of hydrogen-bond acceptors (Lipinski definition) is 5. The van der Waals surface area contributed by atoms with Crippen molar-refractivity contribution < 1.29 is 4.74 Å². The van der Waals surface area contributed by atoms with Gasteiger partial charge in [-0.25, -0.2) is 9.97 Å². The number of ether oxygens (including phenoxy) is 1. The van der Waals surface area contributed by atoms with Crippen LogP contribution in [0.4, 0.5) is 11.6 Å². The van der Waals surface area contributed by atoms with E-state index in [-0.39, 0.29) is 6.04 Å². The number of methoxy groups -OCH3 is 1. The molecule has 5 nitrogen and oxygen atoms in total. The van der Waals surface area contributed by atoms with E-state index in [2.05, 4.69) is 27.1 Å². The molecular weight excluding hydrogens is 204 g/mol. The van der Waals surface area contributed by atoms with E-state index in [1.54, 1.807) is 13.4 Å². The molecular formula is C11H20N4O. The molecule has 1 unspecified atom stereocenters. The largest absolute Gasteiger partial charge is 0.383 e. The Kier molecular flexibility index (Phi) is 4.98. The third-order valence-electron chi connectivity index (χ3n) is 2.44. The van der Waals surface area contributed by atoms with Gasteiger partial charge in [-0.05, 0) is 13.8 Å². The zero-order valence-corrected chi connectivity index (χ0v) is 10.4. The number of aromatic nitrogens is 2. The molecule has 0 saturated carbocycles. The molecule has 1 atom stereocenters. The number of likely N-dealkylation sites (N-methyl/N-ethyl adjacent to an activating group) is 1. The lowest BCUT2D eigenvalue weighted by Gasteiger charge is -2.25. The number of nitrogens with zero attached hydrogens (tertiary/aromatic N) is 3. The molecule has 0 fully saturated rings. The van der Waals surface area contributed by atoms with Crippen LogP contribution in [0.5, 0.6) is 0 Å². The van der Waals surface area contributed by atoms with Gasteiger partial charge in [0, 0.05) is 26.8 Å². The van der Waals surface area contributed by atoms with E-state index >= 15 is 0 Å². The minimum Gasteiger partial charge on any atom is -0.383 e. The van der Waals surface area contributed by atoms with Crippen molar-refractivity contribution in [1.29, 1.82) is 0 Å². The number of hydrogen-bond donors (Lipinski definition) is 1. The summed E-state index contributed by atoms with van der Waals surface area (Å²) in [6.45, 7) is 5.67. The lowest BCUT2D eigenvalue weighted by molar-refractivity contribution is 0.183. The Morgan fingerprint density at radius 3 is 2.88 bits per heavy atom. The molecule has 0 aliphatic rings. The Bertz CT molecular complexity index is 319. The Labute approximate surface area is 96.8 Å². The van der Waals surface area contributed by atoms with Gasteiger partial charge in [-0.2, -0.15) is 0 Å². The summed E-state index contributed by atoms with van der Waals surface area (Å²) in [6, 6.07) is 2.23. The minimum absolute atomic E-state index is 0.286. The molecule has 0 aliphatic heterocycles. The summed E-state index contributed by atoms with van der Waals surface area (Å²) in [5.41, 5.74) is 0. The molecule has 90 valence electrons. The molecule has 1 N–H and O–H groups in total. The molecule has 0 spiro atoms. The molecule has 0 aromatic carbocycles. The monoisotopic (exact) mass is 224 g/mol. The highest BCUT2D eigenvalue weighted by Crippen LogP contribution is 2.14. The van der Waals surface area contributed by atoms with Crippen molar-refractivity contribution >= 4 is 11.6 Å². The van der Waals surface area contributed by atoms with E-state index in [4.69, 9.17) is 4.74 Å². The second-order valence-electron chi connectivity index (χ2n) is 3.71. The highest BCUT2D eigenvalue weighted by molar-refractivity contribution is 5.48. The normalized spacial score (nSPS) is 12.2. The zero-order chi connectivity index (χ0) is 12.0. The van der Waals surface area contributed by atoms with E-state index in [9.17, 15) is 0 Å². The summed E-state index contributed by atoms with van der Waals surface area (Å²) in [6.07, 6.45) is 1.57. The van der Waals surface area contributed by atoms with Gasteiger partial charge in [0.25, 0.3) is 0 Å². The predicted octanol–water partition coefficient (Wildman–Crippen LogP) is 1.38. The van der Waals surface area contributed by atoms with Crippen molar-refractivity contribution in [3.8, 4) is 0 Å². The Morgan fingerprint density at radius 2 is 2.25 bits per heavy atom. The highest BCUT2D eigenvalue weighted by Gasteiger charge is 2.11.